The van der Waals surface area contributed by atoms with E-state index in [0.29, 0.717) is 28.6 Å². The molecular formula is C19H19BrClN3O3. The summed E-state index contributed by atoms with van der Waals surface area (Å²) >= 11 is 9.32. The first-order chi connectivity index (χ1) is 13.0. The summed E-state index contributed by atoms with van der Waals surface area (Å²) in [6.45, 7) is 2.56. The van der Waals surface area contributed by atoms with Gasteiger partial charge in [0.15, 0.2) is 0 Å². The van der Waals surface area contributed by atoms with Crippen molar-refractivity contribution in [3.8, 4) is 5.75 Å². The lowest BCUT2D eigenvalue weighted by Gasteiger charge is -2.08. The van der Waals surface area contributed by atoms with Gasteiger partial charge in [-0.1, -0.05) is 30.7 Å². The maximum Gasteiger partial charge on any atom is 0.249 e. The van der Waals surface area contributed by atoms with Crippen LogP contribution in [0.4, 0.5) is 5.69 Å². The fourth-order valence-corrected chi connectivity index (χ4v) is 2.64. The molecule has 2 aromatic rings. The Morgan fingerprint density at radius 2 is 2.00 bits per heavy atom. The number of hydrogen-bond acceptors (Lipinski definition) is 4. The number of nitrogens with one attached hydrogen (secondary N) is 2. The molecule has 2 amide bonds. The summed E-state index contributed by atoms with van der Waals surface area (Å²) in [6, 6.07) is 12.3. The van der Waals surface area contributed by atoms with Gasteiger partial charge in [0.1, 0.15) is 12.2 Å². The monoisotopic (exact) mass is 451 g/mol. The smallest absolute Gasteiger partial charge is 0.249 e. The molecule has 0 spiro atoms. The largest absolute Gasteiger partial charge is 0.493 e. The van der Waals surface area contributed by atoms with Crippen LogP contribution in [-0.4, -0.2) is 24.6 Å². The van der Waals surface area contributed by atoms with E-state index in [0.717, 1.165) is 10.9 Å². The number of ether oxygens (including phenoxy) is 1. The molecule has 0 heterocycles. The maximum atomic E-state index is 11.9. The Balaban J connectivity index is 1.90. The first kappa shape index (κ1) is 20.9. The highest BCUT2D eigenvalue weighted by molar-refractivity contribution is 9.10. The van der Waals surface area contributed by atoms with Crippen LogP contribution >= 0.6 is 27.5 Å². The van der Waals surface area contributed by atoms with Crippen molar-refractivity contribution in [2.75, 3.05) is 11.9 Å². The Bertz CT molecular complexity index is 843. The van der Waals surface area contributed by atoms with Gasteiger partial charge in [0.05, 0.1) is 18.5 Å². The van der Waals surface area contributed by atoms with E-state index in [-0.39, 0.29) is 6.42 Å². The summed E-state index contributed by atoms with van der Waals surface area (Å²) in [6.07, 6.45) is 1.94. The van der Waals surface area contributed by atoms with Gasteiger partial charge in [-0.2, -0.15) is 5.10 Å². The number of benzene rings is 2. The summed E-state index contributed by atoms with van der Waals surface area (Å²) < 4.78 is 6.34. The Hall–Kier alpha value is -2.38. The zero-order chi connectivity index (χ0) is 19.6. The van der Waals surface area contributed by atoms with Crippen LogP contribution in [0, 0.1) is 0 Å². The second-order valence-corrected chi connectivity index (χ2v) is 6.82. The van der Waals surface area contributed by atoms with Crippen LogP contribution in [0.3, 0.4) is 0 Å². The normalized spacial score (nSPS) is 10.6. The van der Waals surface area contributed by atoms with Crippen molar-refractivity contribution in [3.05, 3.63) is 57.5 Å². The number of hydrogen-bond donors (Lipinski definition) is 2. The fourth-order valence-electron chi connectivity index (χ4n) is 2.08. The Labute approximate surface area is 171 Å². The van der Waals surface area contributed by atoms with E-state index in [9.17, 15) is 9.59 Å². The van der Waals surface area contributed by atoms with E-state index in [4.69, 9.17) is 16.3 Å². The minimum atomic E-state index is -0.533. The van der Waals surface area contributed by atoms with Crippen LogP contribution < -0.4 is 15.5 Å². The molecule has 0 saturated carbocycles. The third kappa shape index (κ3) is 7.03. The molecule has 8 heteroatoms. The molecule has 0 radical (unpaired) electrons. The summed E-state index contributed by atoms with van der Waals surface area (Å²) in [5, 5.41) is 7.06. The van der Waals surface area contributed by atoms with E-state index >= 15 is 0 Å². The Morgan fingerprint density at radius 3 is 2.74 bits per heavy atom. The van der Waals surface area contributed by atoms with Crippen LogP contribution in [0.15, 0.2) is 52.0 Å². The van der Waals surface area contributed by atoms with Crippen molar-refractivity contribution >= 4 is 51.2 Å². The van der Waals surface area contributed by atoms with Crippen molar-refractivity contribution < 1.29 is 14.3 Å². The molecule has 142 valence electrons. The lowest BCUT2D eigenvalue weighted by atomic mass is 10.2. The topological polar surface area (TPSA) is 79.8 Å². The van der Waals surface area contributed by atoms with E-state index in [2.05, 4.69) is 31.8 Å². The number of rotatable bonds is 8. The van der Waals surface area contributed by atoms with Crippen molar-refractivity contribution in [2.45, 2.75) is 19.8 Å². The molecule has 0 aliphatic heterocycles. The number of amides is 2. The van der Waals surface area contributed by atoms with Crippen molar-refractivity contribution in [1.82, 2.24) is 5.43 Å². The third-order valence-corrected chi connectivity index (χ3v) is 4.22. The van der Waals surface area contributed by atoms with Gasteiger partial charge in [-0.05, 0) is 52.7 Å². The quantitative estimate of drug-likeness (QED) is 0.354. The number of anilines is 1. The second kappa shape index (κ2) is 10.7. The van der Waals surface area contributed by atoms with Crippen molar-refractivity contribution in [3.63, 3.8) is 0 Å². The molecule has 0 aliphatic rings. The minimum Gasteiger partial charge on any atom is -0.493 e. The van der Waals surface area contributed by atoms with E-state index in [1.54, 1.807) is 36.4 Å². The van der Waals surface area contributed by atoms with Gasteiger partial charge in [-0.15, -0.1) is 0 Å². The van der Waals surface area contributed by atoms with Crippen LogP contribution in [0.25, 0.3) is 0 Å². The van der Waals surface area contributed by atoms with Gasteiger partial charge in [0, 0.05) is 15.1 Å². The van der Waals surface area contributed by atoms with E-state index < -0.39 is 11.8 Å². The minimum absolute atomic E-state index is 0.354. The highest BCUT2D eigenvalue weighted by Gasteiger charge is 2.10. The molecule has 0 aromatic heterocycles. The number of para-hydroxylation sites is 1. The number of halogens is 2. The molecular weight excluding hydrogens is 434 g/mol. The number of carbonyl (C=O) groups is 2. The highest BCUT2D eigenvalue weighted by Crippen LogP contribution is 2.22. The first-order valence-corrected chi connectivity index (χ1v) is 9.45. The van der Waals surface area contributed by atoms with Crippen LogP contribution in [-0.2, 0) is 9.59 Å². The van der Waals surface area contributed by atoms with E-state index in [1.807, 2.05) is 13.0 Å². The lowest BCUT2D eigenvalue weighted by Crippen LogP contribution is -2.24. The first-order valence-electron chi connectivity index (χ1n) is 8.28. The second-order valence-electron chi connectivity index (χ2n) is 5.53. The average Bonchev–Trinajstić information content (AvgIpc) is 2.63. The molecule has 27 heavy (non-hydrogen) atoms. The molecule has 2 rings (SSSR count). The standard InChI is InChI=1S/C19H19BrClN3O3/c1-2-9-27-17-8-7-14(21)10-13(17)12-22-24-19(26)11-18(25)23-16-6-4-3-5-15(16)20/h3-8,10,12H,2,9,11H2,1H3,(H,23,25)(H,24,26). The lowest BCUT2D eigenvalue weighted by molar-refractivity contribution is -0.126. The highest BCUT2D eigenvalue weighted by atomic mass is 79.9. The third-order valence-electron chi connectivity index (χ3n) is 3.30. The number of nitrogens with zero attached hydrogens (tertiary/aromatic N) is 1. The molecule has 0 fully saturated rings. The average molecular weight is 453 g/mol. The van der Waals surface area contributed by atoms with Gasteiger partial charge in [0.25, 0.3) is 0 Å². The summed E-state index contributed by atoms with van der Waals surface area (Å²) in [7, 11) is 0. The SMILES string of the molecule is CCCOc1ccc(Cl)cc1C=NNC(=O)CC(=O)Nc1ccccc1Br. The van der Waals surface area contributed by atoms with Crippen LogP contribution in [0.2, 0.25) is 5.02 Å². The summed E-state index contributed by atoms with van der Waals surface area (Å²) in [4.78, 5) is 23.8. The molecule has 2 aromatic carbocycles. The van der Waals surface area contributed by atoms with Gasteiger partial charge in [0.2, 0.25) is 11.8 Å². The predicted molar refractivity (Wildman–Crippen MR) is 110 cm³/mol. The van der Waals surface area contributed by atoms with Gasteiger partial charge >= 0.3 is 0 Å². The molecule has 6 nitrogen and oxygen atoms in total. The fraction of sp³-hybridized carbons (Fsp3) is 0.211. The maximum absolute atomic E-state index is 11.9. The van der Waals surface area contributed by atoms with Crippen LogP contribution in [0.5, 0.6) is 5.75 Å². The van der Waals surface area contributed by atoms with Gasteiger partial charge < -0.3 is 10.1 Å². The molecule has 0 unspecified atom stereocenters. The number of carbonyl (C=O) groups excluding carboxylic acids is 2. The molecule has 0 bridgehead atoms. The Kier molecular flexibility index (Phi) is 8.29. The summed E-state index contributed by atoms with van der Waals surface area (Å²) in [5.74, 6) is -0.357. The zero-order valence-electron chi connectivity index (χ0n) is 14.7. The van der Waals surface area contributed by atoms with Gasteiger partial charge in [-0.25, -0.2) is 5.43 Å². The predicted octanol–water partition coefficient (Wildman–Crippen LogP) is 4.37. The van der Waals surface area contributed by atoms with Crippen molar-refractivity contribution in [1.29, 1.82) is 0 Å². The molecule has 0 saturated heterocycles. The Morgan fingerprint density at radius 1 is 1.22 bits per heavy atom. The van der Waals surface area contributed by atoms with Gasteiger partial charge in [-0.3, -0.25) is 9.59 Å². The van der Waals surface area contributed by atoms with Crippen LogP contribution in [0.1, 0.15) is 25.3 Å². The molecule has 2 N–H and O–H groups in total. The molecule has 0 atom stereocenters. The van der Waals surface area contributed by atoms with Crippen molar-refractivity contribution in [2.24, 2.45) is 5.10 Å². The van der Waals surface area contributed by atoms with E-state index in [1.165, 1.54) is 6.21 Å². The number of hydrazone groups is 1. The zero-order valence-corrected chi connectivity index (χ0v) is 17.0. The molecule has 0 aliphatic carbocycles. The summed E-state index contributed by atoms with van der Waals surface area (Å²) in [5.41, 5.74) is 3.55.